The van der Waals surface area contributed by atoms with Crippen LogP contribution in [0.5, 0.6) is 0 Å². The molecule has 0 amide bonds. The molecule has 2 bridgehead atoms. The van der Waals surface area contributed by atoms with Gasteiger partial charge < -0.3 is 9.47 Å². The van der Waals surface area contributed by atoms with Gasteiger partial charge in [-0.15, -0.1) is 0 Å². The van der Waals surface area contributed by atoms with E-state index in [1.807, 2.05) is 24.3 Å². The van der Waals surface area contributed by atoms with Gasteiger partial charge in [0.25, 0.3) is 0 Å². The molecule has 0 aromatic heterocycles. The molecule has 1 heterocycles. The van der Waals surface area contributed by atoms with Crippen molar-refractivity contribution in [2.45, 2.75) is 50.5 Å². The maximum Gasteiger partial charge on any atom is 0.318 e. The van der Waals surface area contributed by atoms with E-state index in [4.69, 9.17) is 9.47 Å². The Morgan fingerprint density at radius 1 is 1.03 bits per heavy atom. The molecule has 1 saturated heterocycles. The maximum absolute atomic E-state index is 13.6. The lowest BCUT2D eigenvalue weighted by Gasteiger charge is -2.39. The minimum Gasteiger partial charge on any atom is -0.469 e. The van der Waals surface area contributed by atoms with E-state index in [1.165, 1.54) is 7.11 Å². The fraction of sp³-hybridized carbons (Fsp3) is 0.385. The summed E-state index contributed by atoms with van der Waals surface area (Å²) in [5.41, 5.74) is 1.04. The van der Waals surface area contributed by atoms with Crippen LogP contribution in [-0.2, 0) is 30.9 Å². The lowest BCUT2D eigenvalue weighted by Crippen LogP contribution is -2.48. The fourth-order valence-corrected chi connectivity index (χ4v) is 5.75. The minimum absolute atomic E-state index is 0.282. The molecule has 4 heteroatoms. The van der Waals surface area contributed by atoms with Gasteiger partial charge in [0.15, 0.2) is 0 Å². The molecule has 3 aromatic rings. The third-order valence-corrected chi connectivity index (χ3v) is 7.02. The van der Waals surface area contributed by atoms with Gasteiger partial charge in [-0.3, -0.25) is 9.59 Å². The molecular formula is C26H26O4. The fourth-order valence-electron chi connectivity index (χ4n) is 5.75. The van der Waals surface area contributed by atoms with E-state index in [0.29, 0.717) is 12.8 Å². The molecular weight excluding hydrogens is 376 g/mol. The molecule has 0 radical (unpaired) electrons. The van der Waals surface area contributed by atoms with Crippen LogP contribution in [0.3, 0.4) is 0 Å². The van der Waals surface area contributed by atoms with Crippen molar-refractivity contribution in [3.63, 3.8) is 0 Å². The Morgan fingerprint density at radius 3 is 2.20 bits per heavy atom. The topological polar surface area (TPSA) is 52.6 Å². The van der Waals surface area contributed by atoms with Crippen molar-refractivity contribution >= 4 is 33.5 Å². The summed E-state index contributed by atoms with van der Waals surface area (Å²) in [6.45, 7) is 2.14. The van der Waals surface area contributed by atoms with E-state index in [2.05, 4.69) is 31.2 Å². The standard InChI is InChI=1S/C26H26O4/c1-3-4-5-14-21-23(24(27)29-2)26(25(28)30-21)15-20-16-10-6-8-12-18(16)22(26)19-13-9-7-11-17(19)20/h6-13,21,23H,3-5,14-15H2,1-2H3/t21-,23+,26+/m1/s1. The predicted octanol–water partition coefficient (Wildman–Crippen LogP) is 5.08. The first kappa shape index (κ1) is 19.1. The van der Waals surface area contributed by atoms with Crippen molar-refractivity contribution < 1.29 is 19.1 Å². The van der Waals surface area contributed by atoms with Crippen molar-refractivity contribution in [1.29, 1.82) is 0 Å². The number of carbonyl (C=O) groups excluding carboxylic acids is 2. The molecule has 0 N–H and O–H groups in total. The van der Waals surface area contributed by atoms with Crippen molar-refractivity contribution in [2.24, 2.45) is 5.92 Å². The zero-order chi connectivity index (χ0) is 20.9. The number of hydrogen-bond donors (Lipinski definition) is 0. The number of rotatable bonds is 5. The van der Waals surface area contributed by atoms with Gasteiger partial charge in [-0.25, -0.2) is 0 Å². The first-order valence-electron chi connectivity index (χ1n) is 10.8. The van der Waals surface area contributed by atoms with Gasteiger partial charge in [-0.1, -0.05) is 68.3 Å². The van der Waals surface area contributed by atoms with Crippen molar-refractivity contribution in [1.82, 2.24) is 0 Å². The van der Waals surface area contributed by atoms with Gasteiger partial charge in [0.1, 0.15) is 17.4 Å². The summed E-state index contributed by atoms with van der Waals surface area (Å²) < 4.78 is 11.2. The zero-order valence-corrected chi connectivity index (χ0v) is 17.4. The third-order valence-electron chi connectivity index (χ3n) is 7.02. The summed E-state index contributed by atoms with van der Waals surface area (Å²) in [6, 6.07) is 16.4. The molecule has 1 aliphatic heterocycles. The number of cyclic esters (lactones) is 1. The summed E-state index contributed by atoms with van der Waals surface area (Å²) in [7, 11) is 1.41. The van der Waals surface area contributed by atoms with Gasteiger partial charge in [0, 0.05) is 0 Å². The number of ether oxygens (including phenoxy) is 2. The van der Waals surface area contributed by atoms with E-state index in [1.54, 1.807) is 0 Å². The Hall–Kier alpha value is -2.88. The number of unbranched alkanes of at least 4 members (excludes halogenated alkanes) is 2. The molecule has 30 heavy (non-hydrogen) atoms. The lowest BCUT2D eigenvalue weighted by atomic mass is 9.59. The largest absolute Gasteiger partial charge is 0.469 e. The molecule has 0 saturated carbocycles. The maximum atomic E-state index is 13.6. The Labute approximate surface area is 176 Å². The van der Waals surface area contributed by atoms with Crippen LogP contribution in [0.2, 0.25) is 0 Å². The molecule has 4 nitrogen and oxygen atoms in total. The lowest BCUT2D eigenvalue weighted by molar-refractivity contribution is -0.149. The van der Waals surface area contributed by atoms with Crippen LogP contribution >= 0.6 is 0 Å². The Morgan fingerprint density at radius 2 is 1.63 bits per heavy atom. The SMILES string of the molecule is CCCCC[C@H]1OC(=O)[C@]2(Cc3c4ccccc4c2c2ccccc32)[C@@H]1C(=O)OC. The second kappa shape index (κ2) is 7.12. The first-order chi connectivity index (χ1) is 14.6. The molecule has 3 atom stereocenters. The summed E-state index contributed by atoms with van der Waals surface area (Å²) in [6.07, 6.45) is 3.78. The molecule has 1 fully saturated rings. The monoisotopic (exact) mass is 402 g/mol. The van der Waals surface area contributed by atoms with Crippen molar-refractivity contribution in [2.75, 3.05) is 7.11 Å². The number of methoxy groups -OCH3 is 1. The molecule has 6 rings (SSSR count). The molecule has 2 aliphatic carbocycles. The average Bonchev–Trinajstić information content (AvgIpc) is 3.04. The van der Waals surface area contributed by atoms with E-state index >= 15 is 0 Å². The van der Waals surface area contributed by atoms with Gasteiger partial charge >= 0.3 is 11.9 Å². The molecule has 3 aliphatic rings. The van der Waals surface area contributed by atoms with Gasteiger partial charge in [-0.05, 0) is 51.9 Å². The highest BCUT2D eigenvalue weighted by Crippen LogP contribution is 2.56. The van der Waals surface area contributed by atoms with Crippen LogP contribution in [0.15, 0.2) is 48.5 Å². The molecule has 3 aromatic carbocycles. The summed E-state index contributed by atoms with van der Waals surface area (Å²) >= 11 is 0. The quantitative estimate of drug-likeness (QED) is 0.339. The number of carbonyl (C=O) groups is 2. The Kier molecular flexibility index (Phi) is 4.53. The van der Waals surface area contributed by atoms with E-state index < -0.39 is 17.4 Å². The summed E-state index contributed by atoms with van der Waals surface area (Å²) in [5.74, 6) is -1.26. The van der Waals surface area contributed by atoms with Gasteiger partial charge in [0.2, 0.25) is 0 Å². The summed E-state index contributed by atoms with van der Waals surface area (Å²) in [5, 5.41) is 4.39. The molecule has 1 spiro atoms. The third kappa shape index (κ3) is 2.46. The van der Waals surface area contributed by atoms with Gasteiger partial charge in [-0.2, -0.15) is 0 Å². The normalized spacial score (nSPS) is 24.7. The van der Waals surface area contributed by atoms with Crippen LogP contribution in [0.25, 0.3) is 21.5 Å². The smallest absolute Gasteiger partial charge is 0.318 e. The van der Waals surface area contributed by atoms with Gasteiger partial charge in [0.05, 0.1) is 7.11 Å². The highest BCUT2D eigenvalue weighted by Gasteiger charge is 2.64. The van der Waals surface area contributed by atoms with Crippen LogP contribution in [-0.4, -0.2) is 25.2 Å². The van der Waals surface area contributed by atoms with Crippen LogP contribution in [0, 0.1) is 5.92 Å². The van der Waals surface area contributed by atoms with E-state index in [9.17, 15) is 9.59 Å². The second-order valence-electron chi connectivity index (χ2n) is 8.53. The van der Waals surface area contributed by atoms with Crippen LogP contribution in [0.1, 0.15) is 43.7 Å². The molecule has 154 valence electrons. The second-order valence-corrected chi connectivity index (χ2v) is 8.53. The zero-order valence-electron chi connectivity index (χ0n) is 17.4. The number of hydrogen-bond acceptors (Lipinski definition) is 4. The van der Waals surface area contributed by atoms with E-state index in [-0.39, 0.29) is 11.9 Å². The Balaban J connectivity index is 1.78. The predicted molar refractivity (Wildman–Crippen MR) is 116 cm³/mol. The first-order valence-corrected chi connectivity index (χ1v) is 10.8. The van der Waals surface area contributed by atoms with Crippen LogP contribution in [0.4, 0.5) is 0 Å². The minimum atomic E-state index is -1.01. The number of benzene rings is 3. The van der Waals surface area contributed by atoms with Crippen molar-refractivity contribution in [3.8, 4) is 0 Å². The highest BCUT2D eigenvalue weighted by molar-refractivity contribution is 6.14. The number of esters is 2. The van der Waals surface area contributed by atoms with Crippen LogP contribution < -0.4 is 0 Å². The Bertz CT molecular complexity index is 1110. The van der Waals surface area contributed by atoms with E-state index in [0.717, 1.165) is 51.9 Å². The highest BCUT2D eigenvalue weighted by atomic mass is 16.6. The summed E-state index contributed by atoms with van der Waals surface area (Å²) in [4.78, 5) is 26.7. The average molecular weight is 402 g/mol. The molecule has 0 unspecified atom stereocenters. The van der Waals surface area contributed by atoms with Crippen molar-refractivity contribution in [3.05, 3.63) is 59.7 Å².